The van der Waals surface area contributed by atoms with Crippen molar-refractivity contribution in [1.82, 2.24) is 0 Å². The zero-order valence-corrected chi connectivity index (χ0v) is 7.09. The summed E-state index contributed by atoms with van der Waals surface area (Å²) in [5.74, 6) is 0. The van der Waals surface area contributed by atoms with Gasteiger partial charge in [-0.25, -0.2) is 0 Å². The summed E-state index contributed by atoms with van der Waals surface area (Å²) in [6.07, 6.45) is 0. The van der Waals surface area contributed by atoms with Gasteiger partial charge < -0.3 is 0 Å². The van der Waals surface area contributed by atoms with Crippen molar-refractivity contribution in [2.45, 2.75) is 0 Å². The Labute approximate surface area is 81.5 Å². The Morgan fingerprint density at radius 2 is 1.33 bits per heavy atom. The molecule has 6 heteroatoms. The van der Waals surface area contributed by atoms with Crippen LogP contribution in [0.15, 0.2) is 18.2 Å². The fraction of sp³-hybridized carbons (Fsp3) is 0. The Bertz CT molecular complexity index is 454. The molecule has 0 aliphatic rings. The van der Waals surface area contributed by atoms with Gasteiger partial charge in [0, 0.05) is 0 Å². The number of halogens is 3. The van der Waals surface area contributed by atoms with Gasteiger partial charge in [0.1, 0.15) is 0 Å². The van der Waals surface area contributed by atoms with Crippen LogP contribution in [0.3, 0.4) is 0 Å². The molecular formula is C9H3F3O3. The molecule has 15 heavy (non-hydrogen) atoms. The SMILES string of the molecule is O=C(F)c1ccc(C(=O)F)c(C(=O)F)c1. The van der Waals surface area contributed by atoms with Crippen LogP contribution in [0.25, 0.3) is 0 Å². The lowest BCUT2D eigenvalue weighted by atomic mass is 10.1. The minimum Gasteiger partial charge on any atom is -0.255 e. The average molecular weight is 216 g/mol. The van der Waals surface area contributed by atoms with Crippen LogP contribution in [0.2, 0.25) is 0 Å². The molecule has 0 heterocycles. The number of hydrogen-bond acceptors (Lipinski definition) is 3. The molecule has 0 aliphatic heterocycles. The predicted molar refractivity (Wildman–Crippen MR) is 42.8 cm³/mol. The standard InChI is InChI=1S/C9H3F3O3/c10-7(13)4-1-2-5(8(11)14)6(3-4)9(12)15/h1-3H. The molecule has 0 saturated heterocycles. The Hall–Kier alpha value is -1.98. The quantitative estimate of drug-likeness (QED) is 0.726. The molecule has 1 rings (SSSR count). The minimum absolute atomic E-state index is 0.484. The van der Waals surface area contributed by atoms with E-state index in [-0.39, 0.29) is 0 Å². The van der Waals surface area contributed by atoms with Crippen LogP contribution in [0.1, 0.15) is 31.1 Å². The lowest BCUT2D eigenvalue weighted by Gasteiger charge is -2.00. The van der Waals surface area contributed by atoms with Crippen molar-refractivity contribution < 1.29 is 27.6 Å². The first-order chi connectivity index (χ1) is 6.93. The third-order valence-electron chi connectivity index (χ3n) is 1.67. The van der Waals surface area contributed by atoms with Gasteiger partial charge in [-0.05, 0) is 18.2 Å². The number of hydrogen-bond donors (Lipinski definition) is 0. The van der Waals surface area contributed by atoms with E-state index in [0.29, 0.717) is 12.1 Å². The Morgan fingerprint density at radius 1 is 0.800 bits per heavy atom. The predicted octanol–water partition coefficient (Wildman–Crippen LogP) is 2.02. The molecule has 0 atom stereocenters. The van der Waals surface area contributed by atoms with Crippen LogP contribution < -0.4 is 0 Å². The largest absolute Gasteiger partial charge is 0.332 e. The van der Waals surface area contributed by atoms with Crippen LogP contribution in [0.4, 0.5) is 13.2 Å². The highest BCUT2D eigenvalue weighted by Crippen LogP contribution is 2.15. The van der Waals surface area contributed by atoms with Gasteiger partial charge in [-0.3, -0.25) is 14.4 Å². The molecule has 0 aliphatic carbocycles. The van der Waals surface area contributed by atoms with Gasteiger partial charge in [0.25, 0.3) is 0 Å². The second-order valence-corrected chi connectivity index (χ2v) is 2.58. The van der Waals surface area contributed by atoms with Gasteiger partial charge in [0.05, 0.1) is 16.7 Å². The van der Waals surface area contributed by atoms with E-state index in [1.807, 2.05) is 0 Å². The normalized spacial score (nSPS) is 9.80. The first-order valence-electron chi connectivity index (χ1n) is 3.67. The maximum absolute atomic E-state index is 12.3. The van der Waals surface area contributed by atoms with E-state index < -0.39 is 34.8 Å². The molecule has 0 amide bonds. The second-order valence-electron chi connectivity index (χ2n) is 2.58. The van der Waals surface area contributed by atoms with E-state index in [2.05, 4.69) is 0 Å². The molecule has 0 N–H and O–H groups in total. The van der Waals surface area contributed by atoms with Crippen LogP contribution in [0, 0.1) is 0 Å². The van der Waals surface area contributed by atoms with Crippen molar-refractivity contribution >= 4 is 18.1 Å². The van der Waals surface area contributed by atoms with Crippen LogP contribution in [-0.4, -0.2) is 18.1 Å². The van der Waals surface area contributed by atoms with Crippen molar-refractivity contribution in [2.24, 2.45) is 0 Å². The summed E-state index contributed by atoms with van der Waals surface area (Å²) in [5.41, 5.74) is -2.43. The van der Waals surface area contributed by atoms with Crippen LogP contribution in [0.5, 0.6) is 0 Å². The summed E-state index contributed by atoms with van der Waals surface area (Å²) in [7, 11) is 0. The fourth-order valence-corrected chi connectivity index (χ4v) is 1.00. The van der Waals surface area contributed by atoms with Gasteiger partial charge in [-0.15, -0.1) is 0 Å². The molecule has 0 unspecified atom stereocenters. The smallest absolute Gasteiger partial charge is 0.255 e. The summed E-state index contributed by atoms with van der Waals surface area (Å²) >= 11 is 0. The Morgan fingerprint density at radius 3 is 1.73 bits per heavy atom. The molecule has 0 saturated carbocycles. The Balaban J connectivity index is 3.40. The van der Waals surface area contributed by atoms with Crippen molar-refractivity contribution in [3.63, 3.8) is 0 Å². The summed E-state index contributed by atoms with van der Waals surface area (Å²) in [5, 5.41) is 0. The maximum Gasteiger partial charge on any atom is 0.332 e. The Kier molecular flexibility index (Phi) is 2.99. The number of benzene rings is 1. The van der Waals surface area contributed by atoms with Crippen molar-refractivity contribution in [3.05, 3.63) is 34.9 Å². The third kappa shape index (κ3) is 2.28. The number of rotatable bonds is 3. The monoisotopic (exact) mass is 216 g/mol. The van der Waals surface area contributed by atoms with E-state index in [4.69, 9.17) is 0 Å². The summed E-state index contributed by atoms with van der Waals surface area (Å²) in [4.78, 5) is 30.8. The van der Waals surface area contributed by atoms with E-state index in [1.54, 1.807) is 0 Å². The number of carbonyl (C=O) groups is 3. The third-order valence-corrected chi connectivity index (χ3v) is 1.67. The van der Waals surface area contributed by atoms with Crippen molar-refractivity contribution in [3.8, 4) is 0 Å². The first kappa shape index (κ1) is 11.1. The van der Waals surface area contributed by atoms with Crippen molar-refractivity contribution in [2.75, 3.05) is 0 Å². The van der Waals surface area contributed by atoms with Crippen LogP contribution in [-0.2, 0) is 0 Å². The molecule has 0 spiro atoms. The zero-order chi connectivity index (χ0) is 11.6. The molecule has 78 valence electrons. The van der Waals surface area contributed by atoms with Crippen molar-refractivity contribution in [1.29, 1.82) is 0 Å². The van der Waals surface area contributed by atoms with Crippen LogP contribution >= 0.6 is 0 Å². The highest BCUT2D eigenvalue weighted by atomic mass is 19.1. The van der Waals surface area contributed by atoms with Gasteiger partial charge in [-0.1, -0.05) is 0 Å². The summed E-state index contributed by atoms with van der Waals surface area (Å²) in [6, 6.07) is -4.12. The second kappa shape index (κ2) is 4.04. The molecule has 1 aromatic rings. The average Bonchev–Trinajstić information content (AvgIpc) is 2.16. The fourth-order valence-electron chi connectivity index (χ4n) is 1.00. The summed E-state index contributed by atoms with van der Waals surface area (Å²) < 4.78 is 36.7. The molecule has 3 nitrogen and oxygen atoms in total. The van der Waals surface area contributed by atoms with Gasteiger partial charge in [0.2, 0.25) is 0 Å². The zero-order valence-electron chi connectivity index (χ0n) is 7.09. The molecule has 0 bridgehead atoms. The highest BCUT2D eigenvalue weighted by molar-refractivity contribution is 6.04. The topological polar surface area (TPSA) is 51.2 Å². The van der Waals surface area contributed by atoms with E-state index in [9.17, 15) is 27.6 Å². The lowest BCUT2D eigenvalue weighted by molar-refractivity contribution is 0.0794. The highest BCUT2D eigenvalue weighted by Gasteiger charge is 2.18. The summed E-state index contributed by atoms with van der Waals surface area (Å²) in [6.45, 7) is 0. The van der Waals surface area contributed by atoms with E-state index >= 15 is 0 Å². The maximum atomic E-state index is 12.3. The molecule has 1 aromatic carbocycles. The van der Waals surface area contributed by atoms with Gasteiger partial charge in [-0.2, -0.15) is 13.2 Å². The molecule has 0 fully saturated rings. The molecular weight excluding hydrogens is 213 g/mol. The molecule has 0 radical (unpaired) electrons. The molecule has 0 aromatic heterocycles. The van der Waals surface area contributed by atoms with Gasteiger partial charge >= 0.3 is 18.1 Å². The lowest BCUT2D eigenvalue weighted by Crippen LogP contribution is -2.04. The minimum atomic E-state index is -2.11. The number of carbonyl (C=O) groups excluding carboxylic acids is 3. The first-order valence-corrected chi connectivity index (χ1v) is 3.67. The van der Waals surface area contributed by atoms with E-state index in [1.165, 1.54) is 0 Å². The van der Waals surface area contributed by atoms with E-state index in [0.717, 1.165) is 6.07 Å². The van der Waals surface area contributed by atoms with Gasteiger partial charge in [0.15, 0.2) is 0 Å².